The van der Waals surface area contributed by atoms with E-state index >= 15 is 0 Å². The van der Waals surface area contributed by atoms with E-state index in [1.54, 1.807) is 0 Å². The summed E-state index contributed by atoms with van der Waals surface area (Å²) in [5.41, 5.74) is -0.362. The minimum atomic E-state index is -1.61. The molecule has 0 spiro atoms. The molecule has 6 heteroatoms. The van der Waals surface area contributed by atoms with Gasteiger partial charge in [0.1, 0.15) is 0 Å². The maximum Gasteiger partial charge on any atom is 0.337 e. The van der Waals surface area contributed by atoms with Crippen molar-refractivity contribution in [3.8, 4) is 0 Å². The first-order chi connectivity index (χ1) is 9.00. The minimum absolute atomic E-state index is 0.0832. The van der Waals surface area contributed by atoms with E-state index in [1.165, 1.54) is 24.3 Å². The maximum absolute atomic E-state index is 13.5. The number of hydrogen-bond acceptors (Lipinski definition) is 2. The molecule has 2 rings (SSSR count). The summed E-state index contributed by atoms with van der Waals surface area (Å²) in [5.74, 6) is -5.54. The van der Waals surface area contributed by atoms with Gasteiger partial charge in [-0.25, -0.2) is 18.0 Å². The summed E-state index contributed by atoms with van der Waals surface area (Å²) < 4.78 is 39.3. The first kappa shape index (κ1) is 12.9. The molecule has 19 heavy (non-hydrogen) atoms. The molecule has 0 aliphatic rings. The highest BCUT2D eigenvalue weighted by molar-refractivity contribution is 5.95. The third kappa shape index (κ3) is 2.52. The Morgan fingerprint density at radius 2 is 1.63 bits per heavy atom. The summed E-state index contributed by atoms with van der Waals surface area (Å²) in [6, 6.07) is 7.48. The zero-order valence-electron chi connectivity index (χ0n) is 9.45. The summed E-state index contributed by atoms with van der Waals surface area (Å²) in [7, 11) is 0. The van der Waals surface area contributed by atoms with Crippen LogP contribution in [-0.2, 0) is 0 Å². The fraction of sp³-hybridized carbons (Fsp3) is 0. The number of anilines is 2. The van der Waals surface area contributed by atoms with Gasteiger partial charge in [0.15, 0.2) is 17.5 Å². The maximum atomic E-state index is 13.5. The number of para-hydroxylation sites is 1. The Morgan fingerprint density at radius 3 is 2.32 bits per heavy atom. The van der Waals surface area contributed by atoms with Gasteiger partial charge in [0.2, 0.25) is 0 Å². The molecule has 0 aromatic heterocycles. The molecule has 2 N–H and O–H groups in total. The van der Waals surface area contributed by atoms with Gasteiger partial charge in [-0.05, 0) is 24.3 Å². The number of carbonyl (C=O) groups is 1. The van der Waals surface area contributed by atoms with E-state index in [0.717, 1.165) is 12.1 Å². The molecule has 0 aliphatic heterocycles. The number of benzene rings is 2. The third-order valence-electron chi connectivity index (χ3n) is 2.46. The molecule has 0 fully saturated rings. The van der Waals surface area contributed by atoms with E-state index in [1.807, 2.05) is 0 Å². The smallest absolute Gasteiger partial charge is 0.337 e. The van der Waals surface area contributed by atoms with Crippen molar-refractivity contribution in [3.63, 3.8) is 0 Å². The van der Waals surface area contributed by atoms with Crippen LogP contribution in [0.2, 0.25) is 0 Å². The number of aromatic carboxylic acids is 1. The largest absolute Gasteiger partial charge is 0.478 e. The quantitative estimate of drug-likeness (QED) is 0.836. The van der Waals surface area contributed by atoms with Gasteiger partial charge < -0.3 is 10.4 Å². The van der Waals surface area contributed by atoms with Crippen molar-refractivity contribution in [1.29, 1.82) is 0 Å². The first-order valence-electron chi connectivity index (χ1n) is 5.23. The van der Waals surface area contributed by atoms with Crippen molar-refractivity contribution in [2.75, 3.05) is 5.32 Å². The fourth-order valence-corrected chi connectivity index (χ4v) is 1.55. The Labute approximate surface area is 106 Å². The Balaban J connectivity index is 2.42. The van der Waals surface area contributed by atoms with Crippen LogP contribution in [0.5, 0.6) is 0 Å². The average Bonchev–Trinajstić information content (AvgIpc) is 2.40. The number of rotatable bonds is 3. The van der Waals surface area contributed by atoms with Crippen LogP contribution in [0.15, 0.2) is 36.4 Å². The van der Waals surface area contributed by atoms with E-state index in [-0.39, 0.29) is 16.9 Å². The van der Waals surface area contributed by atoms with Gasteiger partial charge in [0.05, 0.1) is 16.9 Å². The van der Waals surface area contributed by atoms with Gasteiger partial charge in [-0.3, -0.25) is 0 Å². The van der Waals surface area contributed by atoms with Crippen molar-refractivity contribution in [3.05, 3.63) is 59.4 Å². The Hall–Kier alpha value is -2.50. The lowest BCUT2D eigenvalue weighted by Crippen LogP contribution is -2.04. The molecule has 0 radical (unpaired) electrons. The van der Waals surface area contributed by atoms with E-state index in [0.29, 0.717) is 0 Å². The lowest BCUT2D eigenvalue weighted by Gasteiger charge is -2.10. The molecular weight excluding hydrogens is 259 g/mol. The molecule has 0 amide bonds. The van der Waals surface area contributed by atoms with E-state index in [2.05, 4.69) is 5.32 Å². The number of nitrogens with one attached hydrogen (secondary N) is 1. The highest BCUT2D eigenvalue weighted by Gasteiger charge is 2.15. The van der Waals surface area contributed by atoms with Gasteiger partial charge in [-0.2, -0.15) is 0 Å². The summed E-state index contributed by atoms with van der Waals surface area (Å²) in [4.78, 5) is 11.0. The monoisotopic (exact) mass is 267 g/mol. The van der Waals surface area contributed by atoms with Gasteiger partial charge in [-0.1, -0.05) is 12.1 Å². The second kappa shape index (κ2) is 5.01. The van der Waals surface area contributed by atoms with Crippen LogP contribution in [0.1, 0.15) is 10.4 Å². The zero-order chi connectivity index (χ0) is 14.0. The van der Waals surface area contributed by atoms with E-state index in [9.17, 15) is 18.0 Å². The van der Waals surface area contributed by atoms with Crippen LogP contribution in [0, 0.1) is 17.5 Å². The second-order valence-corrected chi connectivity index (χ2v) is 3.70. The van der Waals surface area contributed by atoms with Gasteiger partial charge in [0, 0.05) is 0 Å². The van der Waals surface area contributed by atoms with Crippen LogP contribution in [-0.4, -0.2) is 11.1 Å². The molecule has 0 atom stereocenters. The Morgan fingerprint density at radius 1 is 0.947 bits per heavy atom. The zero-order valence-corrected chi connectivity index (χ0v) is 9.45. The molecular formula is C13H8F3NO2. The molecule has 0 saturated carbocycles. The number of carboxylic acids is 1. The predicted molar refractivity (Wildman–Crippen MR) is 63.0 cm³/mol. The summed E-state index contributed by atoms with van der Waals surface area (Å²) in [6.45, 7) is 0. The molecule has 2 aromatic rings. The van der Waals surface area contributed by atoms with Gasteiger partial charge >= 0.3 is 5.97 Å². The first-order valence-corrected chi connectivity index (χ1v) is 5.23. The molecule has 98 valence electrons. The summed E-state index contributed by atoms with van der Waals surface area (Å²) in [5, 5.41) is 11.4. The fourth-order valence-electron chi connectivity index (χ4n) is 1.55. The number of hydrogen-bond donors (Lipinski definition) is 2. The molecule has 2 aromatic carbocycles. The summed E-state index contributed by atoms with van der Waals surface area (Å²) in [6.07, 6.45) is 0. The van der Waals surface area contributed by atoms with Crippen LogP contribution in [0.25, 0.3) is 0 Å². The highest BCUT2D eigenvalue weighted by atomic mass is 19.2. The Bertz CT molecular complexity index is 644. The molecule has 0 bridgehead atoms. The normalized spacial score (nSPS) is 10.3. The molecule has 0 unspecified atom stereocenters. The Kier molecular flexibility index (Phi) is 3.41. The average molecular weight is 267 g/mol. The second-order valence-electron chi connectivity index (χ2n) is 3.70. The van der Waals surface area contributed by atoms with Crippen LogP contribution < -0.4 is 5.32 Å². The molecule has 0 aliphatic carbocycles. The van der Waals surface area contributed by atoms with Crippen molar-refractivity contribution >= 4 is 17.3 Å². The highest BCUT2D eigenvalue weighted by Crippen LogP contribution is 2.25. The van der Waals surface area contributed by atoms with Gasteiger partial charge in [0.25, 0.3) is 0 Å². The summed E-state index contributed by atoms with van der Waals surface area (Å²) >= 11 is 0. The van der Waals surface area contributed by atoms with E-state index in [4.69, 9.17) is 5.11 Å². The molecule has 0 saturated heterocycles. The third-order valence-corrected chi connectivity index (χ3v) is 2.46. The SMILES string of the molecule is O=C(O)c1ccccc1Nc1ccc(F)c(F)c1F. The van der Waals surface area contributed by atoms with Crippen molar-refractivity contribution in [1.82, 2.24) is 0 Å². The molecule has 3 nitrogen and oxygen atoms in total. The van der Waals surface area contributed by atoms with Crippen LogP contribution in [0.4, 0.5) is 24.5 Å². The topological polar surface area (TPSA) is 49.3 Å². The lowest BCUT2D eigenvalue weighted by atomic mass is 10.1. The van der Waals surface area contributed by atoms with Crippen LogP contribution in [0.3, 0.4) is 0 Å². The van der Waals surface area contributed by atoms with Gasteiger partial charge in [-0.15, -0.1) is 0 Å². The number of halogens is 3. The minimum Gasteiger partial charge on any atom is -0.478 e. The van der Waals surface area contributed by atoms with Crippen molar-refractivity contribution in [2.24, 2.45) is 0 Å². The van der Waals surface area contributed by atoms with Crippen molar-refractivity contribution in [2.45, 2.75) is 0 Å². The standard InChI is InChI=1S/C13H8F3NO2/c14-8-5-6-10(12(16)11(8)15)17-9-4-2-1-3-7(9)13(18)19/h1-6,17H,(H,18,19). The van der Waals surface area contributed by atoms with Crippen LogP contribution >= 0.6 is 0 Å². The number of carboxylic acid groups (broad SMARTS) is 1. The lowest BCUT2D eigenvalue weighted by molar-refractivity contribution is 0.0698. The predicted octanol–water partition coefficient (Wildman–Crippen LogP) is 3.55. The molecule has 0 heterocycles. The van der Waals surface area contributed by atoms with Crippen molar-refractivity contribution < 1.29 is 23.1 Å². The van der Waals surface area contributed by atoms with E-state index < -0.39 is 23.4 Å².